The van der Waals surface area contributed by atoms with Crippen molar-refractivity contribution in [1.29, 1.82) is 0 Å². The Hall–Kier alpha value is -0.980. The molecule has 1 aromatic heterocycles. The van der Waals surface area contributed by atoms with Gasteiger partial charge >= 0.3 is 0 Å². The van der Waals surface area contributed by atoms with Gasteiger partial charge in [0.1, 0.15) is 6.10 Å². The fourth-order valence-electron chi connectivity index (χ4n) is 2.80. The summed E-state index contributed by atoms with van der Waals surface area (Å²) in [5.41, 5.74) is 6.17. The zero-order chi connectivity index (χ0) is 13.1. The molecule has 0 aromatic carbocycles. The number of rotatable bonds is 4. The van der Waals surface area contributed by atoms with Crippen molar-refractivity contribution in [1.82, 2.24) is 15.0 Å². The maximum absolute atomic E-state index is 6.17. The standard InChI is InChI=1S/C13H22N4O2/c14-10(9-17-6-2-1-3-7-17)12-15-13(19-16-12)11-5-4-8-18-11/h10-11H,1-9,14H2. The van der Waals surface area contributed by atoms with Gasteiger partial charge in [0.25, 0.3) is 5.89 Å². The molecule has 1 aromatic rings. The van der Waals surface area contributed by atoms with Crippen molar-refractivity contribution >= 4 is 0 Å². The molecule has 2 saturated heterocycles. The summed E-state index contributed by atoms with van der Waals surface area (Å²) >= 11 is 0. The van der Waals surface area contributed by atoms with E-state index in [0.717, 1.165) is 39.1 Å². The van der Waals surface area contributed by atoms with Crippen LogP contribution in [0.3, 0.4) is 0 Å². The van der Waals surface area contributed by atoms with Crippen molar-refractivity contribution in [2.75, 3.05) is 26.2 Å². The molecule has 0 aliphatic carbocycles. The van der Waals surface area contributed by atoms with Gasteiger partial charge in [-0.2, -0.15) is 4.98 Å². The average Bonchev–Trinajstić information content (AvgIpc) is 3.11. The van der Waals surface area contributed by atoms with Crippen LogP contribution in [0.4, 0.5) is 0 Å². The van der Waals surface area contributed by atoms with Crippen molar-refractivity contribution < 1.29 is 9.26 Å². The van der Waals surface area contributed by atoms with Gasteiger partial charge in [-0.15, -0.1) is 0 Å². The van der Waals surface area contributed by atoms with Gasteiger partial charge in [-0.1, -0.05) is 11.6 Å². The molecule has 2 aliphatic heterocycles. The fourth-order valence-corrected chi connectivity index (χ4v) is 2.80. The minimum Gasteiger partial charge on any atom is -0.368 e. The van der Waals surface area contributed by atoms with E-state index in [9.17, 15) is 0 Å². The van der Waals surface area contributed by atoms with Crippen LogP contribution < -0.4 is 5.73 Å². The van der Waals surface area contributed by atoms with E-state index in [1.165, 1.54) is 19.3 Å². The number of nitrogens with zero attached hydrogens (tertiary/aromatic N) is 3. The van der Waals surface area contributed by atoms with Gasteiger partial charge in [0.2, 0.25) is 0 Å². The SMILES string of the molecule is NC(CN1CCCCC1)c1noc(C2CCCO2)n1. The molecule has 6 heteroatoms. The molecule has 6 nitrogen and oxygen atoms in total. The number of piperidine rings is 1. The predicted octanol–water partition coefficient (Wildman–Crippen LogP) is 1.41. The van der Waals surface area contributed by atoms with Gasteiger partial charge in [0.15, 0.2) is 5.82 Å². The first-order valence-corrected chi connectivity index (χ1v) is 7.26. The summed E-state index contributed by atoms with van der Waals surface area (Å²) in [6.45, 7) is 3.85. The number of hydrogen-bond acceptors (Lipinski definition) is 6. The molecule has 0 spiro atoms. The highest BCUT2D eigenvalue weighted by molar-refractivity contribution is 4.97. The Morgan fingerprint density at radius 1 is 1.26 bits per heavy atom. The Labute approximate surface area is 113 Å². The molecule has 3 rings (SSSR count). The van der Waals surface area contributed by atoms with E-state index in [0.29, 0.717) is 11.7 Å². The van der Waals surface area contributed by atoms with Crippen LogP contribution in [0.25, 0.3) is 0 Å². The highest BCUT2D eigenvalue weighted by Gasteiger charge is 2.26. The lowest BCUT2D eigenvalue weighted by atomic mass is 10.1. The zero-order valence-corrected chi connectivity index (χ0v) is 11.3. The highest BCUT2D eigenvalue weighted by atomic mass is 16.5. The second-order valence-electron chi connectivity index (χ2n) is 5.46. The predicted molar refractivity (Wildman–Crippen MR) is 69.4 cm³/mol. The van der Waals surface area contributed by atoms with Crippen molar-refractivity contribution in [2.45, 2.75) is 44.2 Å². The first-order valence-electron chi connectivity index (χ1n) is 7.26. The van der Waals surface area contributed by atoms with Gasteiger partial charge in [-0.3, -0.25) is 0 Å². The lowest BCUT2D eigenvalue weighted by Crippen LogP contribution is -2.36. The Morgan fingerprint density at radius 2 is 2.11 bits per heavy atom. The second-order valence-corrected chi connectivity index (χ2v) is 5.46. The van der Waals surface area contributed by atoms with E-state index in [2.05, 4.69) is 15.0 Å². The van der Waals surface area contributed by atoms with E-state index in [4.69, 9.17) is 15.0 Å². The zero-order valence-electron chi connectivity index (χ0n) is 11.3. The van der Waals surface area contributed by atoms with Gasteiger partial charge in [0.05, 0.1) is 6.04 Å². The van der Waals surface area contributed by atoms with Crippen LogP contribution in [0.1, 0.15) is 56.0 Å². The molecule has 0 amide bonds. The number of likely N-dealkylation sites (tertiary alicyclic amines) is 1. The Kier molecular flexibility index (Phi) is 4.10. The molecule has 0 radical (unpaired) electrons. The summed E-state index contributed by atoms with van der Waals surface area (Å²) in [6, 6.07) is -0.169. The molecule has 2 atom stereocenters. The second kappa shape index (κ2) is 5.98. The van der Waals surface area contributed by atoms with E-state index >= 15 is 0 Å². The molecule has 106 valence electrons. The summed E-state index contributed by atoms with van der Waals surface area (Å²) in [7, 11) is 0. The van der Waals surface area contributed by atoms with Crippen LogP contribution >= 0.6 is 0 Å². The molecule has 2 unspecified atom stereocenters. The van der Waals surface area contributed by atoms with Crippen LogP contribution in [0.2, 0.25) is 0 Å². The summed E-state index contributed by atoms with van der Waals surface area (Å²) in [5.74, 6) is 1.19. The summed E-state index contributed by atoms with van der Waals surface area (Å²) in [6.07, 6.45) is 5.85. The molecule has 0 saturated carbocycles. The van der Waals surface area contributed by atoms with E-state index < -0.39 is 0 Å². The van der Waals surface area contributed by atoms with E-state index in [1.54, 1.807) is 0 Å². The highest BCUT2D eigenvalue weighted by Crippen LogP contribution is 2.27. The number of nitrogens with two attached hydrogens (primary N) is 1. The van der Waals surface area contributed by atoms with Crippen LogP contribution in [-0.4, -0.2) is 41.3 Å². The third-order valence-electron chi connectivity index (χ3n) is 3.90. The Balaban J connectivity index is 1.58. The van der Waals surface area contributed by atoms with Gasteiger partial charge in [-0.05, 0) is 38.8 Å². The summed E-state index contributed by atoms with van der Waals surface area (Å²) < 4.78 is 10.8. The Morgan fingerprint density at radius 3 is 2.84 bits per heavy atom. The Bertz CT molecular complexity index is 397. The van der Waals surface area contributed by atoms with Crippen molar-refractivity contribution in [3.05, 3.63) is 11.7 Å². The topological polar surface area (TPSA) is 77.4 Å². The van der Waals surface area contributed by atoms with Crippen LogP contribution in [0.5, 0.6) is 0 Å². The maximum Gasteiger partial charge on any atom is 0.255 e. The molecule has 2 aliphatic rings. The van der Waals surface area contributed by atoms with Crippen molar-refractivity contribution in [3.63, 3.8) is 0 Å². The minimum absolute atomic E-state index is 0.0246. The van der Waals surface area contributed by atoms with Crippen molar-refractivity contribution in [3.8, 4) is 0 Å². The lowest BCUT2D eigenvalue weighted by Gasteiger charge is -2.27. The van der Waals surface area contributed by atoms with E-state index in [-0.39, 0.29) is 12.1 Å². The van der Waals surface area contributed by atoms with Crippen LogP contribution in [0.15, 0.2) is 4.52 Å². The smallest absolute Gasteiger partial charge is 0.255 e. The molecule has 2 fully saturated rings. The maximum atomic E-state index is 6.17. The normalized spacial score (nSPS) is 26.7. The average molecular weight is 266 g/mol. The lowest BCUT2D eigenvalue weighted by molar-refractivity contribution is 0.0835. The summed E-state index contributed by atoms with van der Waals surface area (Å²) in [5, 5.41) is 4.01. The quantitative estimate of drug-likeness (QED) is 0.887. The molecule has 19 heavy (non-hydrogen) atoms. The number of ether oxygens (including phenoxy) is 1. The molecular weight excluding hydrogens is 244 g/mol. The number of aromatic nitrogens is 2. The molecule has 2 N–H and O–H groups in total. The van der Waals surface area contributed by atoms with Crippen LogP contribution in [-0.2, 0) is 4.74 Å². The molecule has 3 heterocycles. The van der Waals surface area contributed by atoms with Crippen LogP contribution in [0, 0.1) is 0 Å². The molecule has 0 bridgehead atoms. The van der Waals surface area contributed by atoms with Gasteiger partial charge in [0, 0.05) is 13.2 Å². The van der Waals surface area contributed by atoms with Crippen molar-refractivity contribution in [2.24, 2.45) is 5.73 Å². The molecular formula is C13H22N4O2. The fraction of sp³-hybridized carbons (Fsp3) is 0.846. The summed E-state index contributed by atoms with van der Waals surface area (Å²) in [4.78, 5) is 6.79. The van der Waals surface area contributed by atoms with Gasteiger partial charge in [-0.25, -0.2) is 0 Å². The third-order valence-corrected chi connectivity index (χ3v) is 3.90. The van der Waals surface area contributed by atoms with E-state index in [1.807, 2.05) is 0 Å². The van der Waals surface area contributed by atoms with Gasteiger partial charge < -0.3 is 19.9 Å². The number of hydrogen-bond donors (Lipinski definition) is 1. The first kappa shape index (κ1) is 13.0. The first-order chi connectivity index (χ1) is 9.33. The third kappa shape index (κ3) is 3.13. The largest absolute Gasteiger partial charge is 0.368 e. The monoisotopic (exact) mass is 266 g/mol. The minimum atomic E-state index is -0.169.